The molecule has 0 fully saturated rings. The summed E-state index contributed by atoms with van der Waals surface area (Å²) in [5.41, 5.74) is 4.40. The predicted molar refractivity (Wildman–Crippen MR) is 89.1 cm³/mol. The Balaban J connectivity index is 2.11. The summed E-state index contributed by atoms with van der Waals surface area (Å²) in [6.07, 6.45) is 1.17. The average molecular weight is 405 g/mol. The van der Waals surface area contributed by atoms with Crippen molar-refractivity contribution in [2.75, 3.05) is 0 Å². The van der Waals surface area contributed by atoms with Crippen LogP contribution in [0.25, 0.3) is 0 Å². The third-order valence-electron chi connectivity index (χ3n) is 3.14. The molecular weight excluding hydrogens is 390 g/mol. The van der Waals surface area contributed by atoms with Crippen LogP contribution in [0.15, 0.2) is 42.5 Å². The molecule has 1 unspecified atom stereocenters. The van der Waals surface area contributed by atoms with Gasteiger partial charge in [-0.15, -0.1) is 0 Å². The van der Waals surface area contributed by atoms with Crippen molar-refractivity contribution >= 4 is 34.2 Å². The minimum absolute atomic E-state index is 0.0653. The van der Waals surface area contributed by atoms with Crippen molar-refractivity contribution in [3.63, 3.8) is 0 Å². The Kier molecular flexibility index (Phi) is 5.77. The summed E-state index contributed by atoms with van der Waals surface area (Å²) in [5, 5.41) is 0.438. The largest absolute Gasteiger partial charge is 0.271 e. The van der Waals surface area contributed by atoms with Gasteiger partial charge in [-0.05, 0) is 65.3 Å². The van der Waals surface area contributed by atoms with Crippen LogP contribution >= 0.6 is 34.2 Å². The van der Waals surface area contributed by atoms with Crippen molar-refractivity contribution < 1.29 is 4.39 Å². The molecule has 0 aliphatic carbocycles. The van der Waals surface area contributed by atoms with Crippen molar-refractivity contribution in [3.05, 3.63) is 68.0 Å². The van der Waals surface area contributed by atoms with Crippen LogP contribution in [0.3, 0.4) is 0 Å². The van der Waals surface area contributed by atoms with Gasteiger partial charge in [0, 0.05) is 20.2 Å². The highest BCUT2D eigenvalue weighted by Crippen LogP contribution is 2.21. The van der Waals surface area contributed by atoms with Crippen LogP contribution in [0.4, 0.5) is 4.39 Å². The molecule has 0 heterocycles. The van der Waals surface area contributed by atoms with Gasteiger partial charge in [0.1, 0.15) is 5.82 Å². The Hall–Kier alpha value is -0.690. The van der Waals surface area contributed by atoms with E-state index in [0.717, 1.165) is 12.0 Å². The Labute approximate surface area is 136 Å². The van der Waals surface area contributed by atoms with E-state index in [2.05, 4.69) is 40.1 Å². The maximum absolute atomic E-state index is 13.8. The van der Waals surface area contributed by atoms with E-state index in [1.165, 1.54) is 9.64 Å². The van der Waals surface area contributed by atoms with Crippen LogP contribution < -0.4 is 11.3 Å². The van der Waals surface area contributed by atoms with Gasteiger partial charge in [-0.2, -0.15) is 0 Å². The SMILES string of the molecule is NNC(Cc1ccc(I)cc1)Cc1c(F)cccc1Cl. The van der Waals surface area contributed by atoms with Crippen molar-refractivity contribution in [1.82, 2.24) is 5.43 Å². The number of nitrogens with two attached hydrogens (primary N) is 1. The highest BCUT2D eigenvalue weighted by molar-refractivity contribution is 14.1. The number of hydrogen-bond acceptors (Lipinski definition) is 2. The first-order valence-electron chi connectivity index (χ1n) is 6.23. The zero-order valence-electron chi connectivity index (χ0n) is 10.7. The molecular formula is C15H15ClFIN2. The van der Waals surface area contributed by atoms with E-state index in [0.29, 0.717) is 17.0 Å². The molecule has 0 aliphatic rings. The molecule has 0 aliphatic heterocycles. The summed E-state index contributed by atoms with van der Waals surface area (Å²) in [6.45, 7) is 0. The van der Waals surface area contributed by atoms with Crippen LogP contribution in [0.5, 0.6) is 0 Å². The van der Waals surface area contributed by atoms with Gasteiger partial charge in [0.05, 0.1) is 0 Å². The second-order valence-electron chi connectivity index (χ2n) is 4.60. The van der Waals surface area contributed by atoms with Gasteiger partial charge in [0.2, 0.25) is 0 Å². The molecule has 0 bridgehead atoms. The number of hydrazine groups is 1. The van der Waals surface area contributed by atoms with Crippen molar-refractivity contribution in [3.8, 4) is 0 Å². The lowest BCUT2D eigenvalue weighted by Gasteiger charge is -2.17. The molecule has 3 N–H and O–H groups in total. The smallest absolute Gasteiger partial charge is 0.127 e. The maximum atomic E-state index is 13.8. The third kappa shape index (κ3) is 4.15. The molecule has 2 nitrogen and oxygen atoms in total. The van der Waals surface area contributed by atoms with E-state index < -0.39 is 0 Å². The summed E-state index contributed by atoms with van der Waals surface area (Å²) in [6, 6.07) is 12.8. The van der Waals surface area contributed by atoms with E-state index in [-0.39, 0.29) is 11.9 Å². The van der Waals surface area contributed by atoms with Crippen molar-refractivity contribution in [2.24, 2.45) is 5.84 Å². The first-order valence-corrected chi connectivity index (χ1v) is 7.69. The number of benzene rings is 2. The normalized spacial score (nSPS) is 12.4. The van der Waals surface area contributed by atoms with Gasteiger partial charge in [0.15, 0.2) is 0 Å². The number of halogens is 3. The third-order valence-corrected chi connectivity index (χ3v) is 4.22. The molecule has 0 aromatic heterocycles. The molecule has 2 aromatic rings. The summed E-state index contributed by atoms with van der Waals surface area (Å²) >= 11 is 8.30. The molecule has 0 amide bonds. The van der Waals surface area contributed by atoms with E-state index in [1.54, 1.807) is 12.1 Å². The Bertz CT molecular complexity index is 554. The molecule has 0 saturated heterocycles. The fraction of sp³-hybridized carbons (Fsp3) is 0.200. The van der Waals surface area contributed by atoms with E-state index in [9.17, 15) is 4.39 Å². The fourth-order valence-electron chi connectivity index (χ4n) is 2.07. The van der Waals surface area contributed by atoms with Gasteiger partial charge in [-0.3, -0.25) is 11.3 Å². The zero-order chi connectivity index (χ0) is 14.5. The standard InChI is InChI=1S/C15H15ClFIN2/c16-14-2-1-3-15(17)13(14)9-12(20-19)8-10-4-6-11(18)7-5-10/h1-7,12,20H,8-9,19H2. The lowest BCUT2D eigenvalue weighted by atomic mass is 9.99. The second-order valence-corrected chi connectivity index (χ2v) is 6.25. The monoisotopic (exact) mass is 404 g/mol. The molecule has 2 aromatic carbocycles. The molecule has 106 valence electrons. The Morgan fingerprint density at radius 3 is 2.45 bits per heavy atom. The lowest BCUT2D eigenvalue weighted by molar-refractivity contribution is 0.506. The topological polar surface area (TPSA) is 38.0 Å². The van der Waals surface area contributed by atoms with E-state index >= 15 is 0 Å². The predicted octanol–water partition coefficient (Wildman–Crippen LogP) is 3.70. The molecule has 20 heavy (non-hydrogen) atoms. The quantitative estimate of drug-likeness (QED) is 0.453. The number of rotatable bonds is 5. The molecule has 1 atom stereocenters. The molecule has 2 rings (SSSR count). The van der Waals surface area contributed by atoms with Gasteiger partial charge < -0.3 is 0 Å². The fourth-order valence-corrected chi connectivity index (χ4v) is 2.67. The number of hydrogen-bond donors (Lipinski definition) is 2. The maximum Gasteiger partial charge on any atom is 0.127 e. The molecule has 0 saturated carbocycles. The summed E-state index contributed by atoms with van der Waals surface area (Å²) in [5.74, 6) is 5.29. The molecule has 0 spiro atoms. The minimum atomic E-state index is -0.291. The van der Waals surface area contributed by atoms with Crippen LogP contribution in [-0.2, 0) is 12.8 Å². The number of nitrogens with one attached hydrogen (secondary N) is 1. The van der Waals surface area contributed by atoms with Crippen molar-refractivity contribution in [2.45, 2.75) is 18.9 Å². The van der Waals surface area contributed by atoms with Gasteiger partial charge in [-0.25, -0.2) is 4.39 Å². The second kappa shape index (κ2) is 7.36. The van der Waals surface area contributed by atoms with E-state index in [1.807, 2.05) is 12.1 Å². The van der Waals surface area contributed by atoms with Crippen LogP contribution in [0, 0.1) is 9.39 Å². The summed E-state index contributed by atoms with van der Waals surface area (Å²) < 4.78 is 15.0. The molecule has 0 radical (unpaired) electrons. The average Bonchev–Trinajstić information content (AvgIpc) is 2.44. The van der Waals surface area contributed by atoms with Gasteiger partial charge in [0.25, 0.3) is 0 Å². The van der Waals surface area contributed by atoms with Crippen LogP contribution in [0.1, 0.15) is 11.1 Å². The lowest BCUT2D eigenvalue weighted by Crippen LogP contribution is -2.38. The van der Waals surface area contributed by atoms with Gasteiger partial charge in [-0.1, -0.05) is 29.8 Å². The molecule has 5 heteroatoms. The highest BCUT2D eigenvalue weighted by Gasteiger charge is 2.14. The summed E-state index contributed by atoms with van der Waals surface area (Å²) in [4.78, 5) is 0. The first-order chi connectivity index (χ1) is 9.60. The van der Waals surface area contributed by atoms with Crippen molar-refractivity contribution in [1.29, 1.82) is 0 Å². The Morgan fingerprint density at radius 2 is 1.85 bits per heavy atom. The van der Waals surface area contributed by atoms with E-state index in [4.69, 9.17) is 17.4 Å². The zero-order valence-corrected chi connectivity index (χ0v) is 13.7. The Morgan fingerprint density at radius 1 is 1.15 bits per heavy atom. The summed E-state index contributed by atoms with van der Waals surface area (Å²) in [7, 11) is 0. The minimum Gasteiger partial charge on any atom is -0.271 e. The van der Waals surface area contributed by atoms with Crippen LogP contribution in [0.2, 0.25) is 5.02 Å². The first kappa shape index (κ1) is 15.7. The van der Waals surface area contributed by atoms with Gasteiger partial charge >= 0.3 is 0 Å². The van der Waals surface area contributed by atoms with Crippen LogP contribution in [-0.4, -0.2) is 6.04 Å². The highest BCUT2D eigenvalue weighted by atomic mass is 127.